The Labute approximate surface area is 92.9 Å². The van der Waals surface area contributed by atoms with Gasteiger partial charge in [-0.25, -0.2) is 4.98 Å². The second-order valence-corrected chi connectivity index (χ2v) is 5.34. The fourth-order valence-corrected chi connectivity index (χ4v) is 2.73. The molecule has 1 aliphatic carbocycles. The van der Waals surface area contributed by atoms with Gasteiger partial charge in [-0.3, -0.25) is 4.40 Å². The van der Waals surface area contributed by atoms with Crippen LogP contribution in [0.1, 0.15) is 25.0 Å². The first-order chi connectivity index (χ1) is 7.31. The second kappa shape index (κ2) is 3.61. The first kappa shape index (κ1) is 9.36. The van der Waals surface area contributed by atoms with Gasteiger partial charge in [-0.1, -0.05) is 12.8 Å². The summed E-state index contributed by atoms with van der Waals surface area (Å²) in [5.74, 6) is 0.906. The fourth-order valence-electron chi connectivity index (χ4n) is 2.01. The van der Waals surface area contributed by atoms with Crippen molar-refractivity contribution in [3.05, 3.63) is 23.5 Å². The molecule has 0 aromatic carbocycles. The predicted molar refractivity (Wildman–Crippen MR) is 62.1 cm³/mol. The molecule has 1 saturated carbocycles. The van der Waals surface area contributed by atoms with Crippen molar-refractivity contribution in [3.63, 3.8) is 0 Å². The van der Waals surface area contributed by atoms with E-state index in [2.05, 4.69) is 21.0 Å². The van der Waals surface area contributed by atoms with Crippen molar-refractivity contribution in [1.82, 2.24) is 9.38 Å². The van der Waals surface area contributed by atoms with Crippen molar-refractivity contribution >= 4 is 16.3 Å². The summed E-state index contributed by atoms with van der Waals surface area (Å²) < 4.78 is 2.07. The molecule has 4 heteroatoms. The molecule has 0 saturated heterocycles. The minimum absolute atomic E-state index is 0.294. The lowest BCUT2D eigenvalue weighted by atomic mass is 10.1. The van der Waals surface area contributed by atoms with Crippen LogP contribution < -0.4 is 5.73 Å². The van der Waals surface area contributed by atoms with Gasteiger partial charge in [0.1, 0.15) is 0 Å². The Morgan fingerprint density at radius 1 is 1.60 bits per heavy atom. The first-order valence-electron chi connectivity index (χ1n) is 5.48. The van der Waals surface area contributed by atoms with Crippen molar-refractivity contribution in [2.24, 2.45) is 11.7 Å². The third-order valence-corrected chi connectivity index (χ3v) is 3.72. The van der Waals surface area contributed by atoms with E-state index >= 15 is 0 Å². The maximum absolute atomic E-state index is 6.09. The van der Waals surface area contributed by atoms with Crippen LogP contribution >= 0.6 is 11.3 Å². The molecule has 0 bridgehead atoms. The highest BCUT2D eigenvalue weighted by atomic mass is 32.1. The Hall–Kier alpha value is -0.870. The summed E-state index contributed by atoms with van der Waals surface area (Å²) in [6.45, 7) is 0. The number of thiazole rings is 1. The normalized spacial score (nSPS) is 18.5. The summed E-state index contributed by atoms with van der Waals surface area (Å²) in [6, 6.07) is 0.294. The monoisotopic (exact) mass is 221 g/mol. The maximum atomic E-state index is 6.09. The molecular weight excluding hydrogens is 206 g/mol. The summed E-state index contributed by atoms with van der Waals surface area (Å²) in [7, 11) is 0. The Bertz CT molecular complexity index is 427. The fraction of sp³-hybridized carbons (Fsp3) is 0.545. The van der Waals surface area contributed by atoms with Crippen molar-refractivity contribution in [2.75, 3.05) is 0 Å². The van der Waals surface area contributed by atoms with Crippen LogP contribution in [0.15, 0.2) is 17.8 Å². The standard InChI is InChI=1S/C11H15N3S/c12-9(5-8-1-2-8)6-10-7-14-3-4-15-11(14)13-10/h3-4,7-9H,1-2,5-6,12H2. The highest BCUT2D eigenvalue weighted by Crippen LogP contribution is 2.33. The third kappa shape index (κ3) is 2.06. The summed E-state index contributed by atoms with van der Waals surface area (Å²) in [6.07, 6.45) is 9.00. The van der Waals surface area contributed by atoms with Crippen molar-refractivity contribution in [2.45, 2.75) is 31.7 Å². The molecule has 0 spiro atoms. The number of imidazole rings is 1. The van der Waals surface area contributed by atoms with Crippen LogP contribution in [0, 0.1) is 5.92 Å². The SMILES string of the molecule is NC(Cc1cn2ccsc2n1)CC1CC1. The van der Waals surface area contributed by atoms with Gasteiger partial charge >= 0.3 is 0 Å². The summed E-state index contributed by atoms with van der Waals surface area (Å²) in [5.41, 5.74) is 7.23. The van der Waals surface area contributed by atoms with Gasteiger partial charge in [0, 0.05) is 30.2 Å². The molecular formula is C11H15N3S. The molecule has 0 radical (unpaired) electrons. The van der Waals surface area contributed by atoms with E-state index in [0.717, 1.165) is 23.0 Å². The van der Waals surface area contributed by atoms with E-state index in [1.165, 1.54) is 19.3 Å². The number of nitrogens with two attached hydrogens (primary N) is 1. The summed E-state index contributed by atoms with van der Waals surface area (Å²) in [5, 5.41) is 2.05. The van der Waals surface area contributed by atoms with E-state index in [9.17, 15) is 0 Å². The highest BCUT2D eigenvalue weighted by Gasteiger charge is 2.24. The second-order valence-electron chi connectivity index (χ2n) is 4.47. The van der Waals surface area contributed by atoms with E-state index in [1.54, 1.807) is 11.3 Å². The Kier molecular flexibility index (Phi) is 2.25. The lowest BCUT2D eigenvalue weighted by Gasteiger charge is -2.07. The number of hydrogen-bond acceptors (Lipinski definition) is 3. The molecule has 0 amide bonds. The average molecular weight is 221 g/mol. The zero-order chi connectivity index (χ0) is 10.3. The lowest BCUT2D eigenvalue weighted by Crippen LogP contribution is -2.23. The number of hydrogen-bond donors (Lipinski definition) is 1. The molecule has 15 heavy (non-hydrogen) atoms. The lowest BCUT2D eigenvalue weighted by molar-refractivity contribution is 0.562. The molecule has 3 rings (SSSR count). The molecule has 3 nitrogen and oxygen atoms in total. The molecule has 2 aromatic heterocycles. The first-order valence-corrected chi connectivity index (χ1v) is 6.36. The topological polar surface area (TPSA) is 43.3 Å². The Morgan fingerprint density at radius 2 is 2.47 bits per heavy atom. The quantitative estimate of drug-likeness (QED) is 0.859. The molecule has 1 aliphatic rings. The average Bonchev–Trinajstić information content (AvgIpc) is 2.73. The van der Waals surface area contributed by atoms with E-state index in [0.29, 0.717) is 6.04 Å². The maximum Gasteiger partial charge on any atom is 0.193 e. The van der Waals surface area contributed by atoms with E-state index in [4.69, 9.17) is 5.73 Å². The number of rotatable bonds is 4. The molecule has 1 atom stereocenters. The zero-order valence-corrected chi connectivity index (χ0v) is 9.41. The number of aromatic nitrogens is 2. The van der Waals surface area contributed by atoms with Gasteiger partial charge < -0.3 is 5.73 Å². The van der Waals surface area contributed by atoms with Crippen LogP contribution in [0.5, 0.6) is 0 Å². The Balaban J connectivity index is 1.68. The van der Waals surface area contributed by atoms with Gasteiger partial charge in [0.2, 0.25) is 0 Å². The smallest absolute Gasteiger partial charge is 0.193 e. The molecule has 2 N–H and O–H groups in total. The largest absolute Gasteiger partial charge is 0.327 e. The molecule has 0 aliphatic heterocycles. The minimum Gasteiger partial charge on any atom is -0.327 e. The van der Waals surface area contributed by atoms with E-state index in [1.807, 2.05) is 6.20 Å². The van der Waals surface area contributed by atoms with Crippen LogP contribution in [0.2, 0.25) is 0 Å². The molecule has 1 fully saturated rings. The molecule has 2 heterocycles. The van der Waals surface area contributed by atoms with Crippen LogP contribution in [0.3, 0.4) is 0 Å². The summed E-state index contributed by atoms with van der Waals surface area (Å²) >= 11 is 1.67. The van der Waals surface area contributed by atoms with Crippen molar-refractivity contribution in [1.29, 1.82) is 0 Å². The predicted octanol–water partition coefficient (Wildman–Crippen LogP) is 2.07. The van der Waals surface area contributed by atoms with Gasteiger partial charge in [0.25, 0.3) is 0 Å². The number of nitrogens with zero attached hydrogens (tertiary/aromatic N) is 2. The Morgan fingerprint density at radius 3 is 3.20 bits per heavy atom. The van der Waals surface area contributed by atoms with Crippen LogP contribution in [0.25, 0.3) is 4.96 Å². The van der Waals surface area contributed by atoms with Crippen LogP contribution in [-0.2, 0) is 6.42 Å². The van der Waals surface area contributed by atoms with Crippen LogP contribution in [0.4, 0.5) is 0 Å². The van der Waals surface area contributed by atoms with Gasteiger partial charge in [-0.15, -0.1) is 11.3 Å². The van der Waals surface area contributed by atoms with Gasteiger partial charge in [0.05, 0.1) is 5.69 Å². The van der Waals surface area contributed by atoms with Gasteiger partial charge in [-0.05, 0) is 12.3 Å². The zero-order valence-electron chi connectivity index (χ0n) is 8.60. The highest BCUT2D eigenvalue weighted by molar-refractivity contribution is 7.15. The van der Waals surface area contributed by atoms with Crippen molar-refractivity contribution in [3.8, 4) is 0 Å². The molecule has 80 valence electrons. The van der Waals surface area contributed by atoms with Crippen LogP contribution in [-0.4, -0.2) is 15.4 Å². The minimum atomic E-state index is 0.294. The van der Waals surface area contributed by atoms with E-state index in [-0.39, 0.29) is 0 Å². The summed E-state index contributed by atoms with van der Waals surface area (Å²) in [4.78, 5) is 5.61. The van der Waals surface area contributed by atoms with Gasteiger partial charge in [-0.2, -0.15) is 0 Å². The third-order valence-electron chi connectivity index (χ3n) is 2.95. The van der Waals surface area contributed by atoms with Gasteiger partial charge in [0.15, 0.2) is 4.96 Å². The van der Waals surface area contributed by atoms with E-state index < -0.39 is 0 Å². The van der Waals surface area contributed by atoms with Crippen molar-refractivity contribution < 1.29 is 0 Å². The molecule has 1 unspecified atom stereocenters. The number of fused-ring (bicyclic) bond motifs is 1. The molecule has 2 aromatic rings.